The van der Waals surface area contributed by atoms with E-state index < -0.39 is 0 Å². The van der Waals surface area contributed by atoms with Crippen LogP contribution >= 0.6 is 9.90 Å². The molecule has 0 aliphatic rings. The molecule has 0 radical (unpaired) electrons. The SMILES string of the molecule is C.C.C.C.CCCO[SiH2]C.P. The van der Waals surface area contributed by atoms with Crippen molar-refractivity contribution in [2.45, 2.75) is 49.6 Å². The Hall–Kier alpha value is 0.607. The summed E-state index contributed by atoms with van der Waals surface area (Å²) in [5, 5.41) is 0. The van der Waals surface area contributed by atoms with Crippen molar-refractivity contribution < 1.29 is 4.43 Å². The second-order valence-corrected chi connectivity index (χ2v) is 2.18. The monoisotopic (exact) mass is 202 g/mol. The van der Waals surface area contributed by atoms with E-state index in [1.807, 2.05) is 0 Å². The Bertz CT molecular complexity index is 26.1. The van der Waals surface area contributed by atoms with E-state index in [0.29, 0.717) is 0 Å². The molecule has 11 heavy (non-hydrogen) atoms. The molecule has 1 unspecified atom stereocenters. The first-order valence-corrected chi connectivity index (χ1v) is 4.48. The first-order valence-electron chi connectivity index (χ1n) is 2.49. The minimum atomic E-state index is -0.0970. The maximum Gasteiger partial charge on any atom is 0.158 e. The molecule has 0 rings (SSSR count). The molecule has 0 aliphatic heterocycles. The zero-order valence-corrected chi connectivity index (χ0v) is 8.07. The number of hydrogen-bond donors (Lipinski definition) is 0. The quantitative estimate of drug-likeness (QED) is 0.388. The Kier molecular flexibility index (Phi) is 174. The van der Waals surface area contributed by atoms with Crippen molar-refractivity contribution >= 4 is 19.7 Å². The summed E-state index contributed by atoms with van der Waals surface area (Å²) in [5.74, 6) is 0. The third kappa shape index (κ3) is 60.4. The average molecular weight is 202 g/mol. The Labute approximate surface area is 80.9 Å². The molecule has 1 nitrogen and oxygen atoms in total. The van der Waals surface area contributed by atoms with E-state index in [4.69, 9.17) is 4.43 Å². The van der Waals surface area contributed by atoms with E-state index in [0.717, 1.165) is 6.61 Å². The molecule has 0 N–H and O–H groups in total. The predicted molar refractivity (Wildman–Crippen MR) is 68.7 cm³/mol. The van der Waals surface area contributed by atoms with Crippen LogP contribution in [0.4, 0.5) is 0 Å². The molecule has 1 atom stereocenters. The molecule has 78 valence electrons. The third-order valence-corrected chi connectivity index (χ3v) is 1.25. The van der Waals surface area contributed by atoms with Crippen molar-refractivity contribution in [3.63, 3.8) is 0 Å². The van der Waals surface area contributed by atoms with Crippen molar-refractivity contribution in [2.24, 2.45) is 0 Å². The van der Waals surface area contributed by atoms with Crippen molar-refractivity contribution in [3.8, 4) is 0 Å². The summed E-state index contributed by atoms with van der Waals surface area (Å²) in [5.41, 5.74) is 0. The summed E-state index contributed by atoms with van der Waals surface area (Å²) in [6.45, 7) is 5.25. The highest BCUT2D eigenvalue weighted by Gasteiger charge is 1.73. The highest BCUT2D eigenvalue weighted by Crippen LogP contribution is 1.74. The van der Waals surface area contributed by atoms with E-state index in [-0.39, 0.29) is 49.4 Å². The average Bonchev–Trinajstić information content (AvgIpc) is 1.61. The molecule has 0 saturated carbocycles. The van der Waals surface area contributed by atoms with Gasteiger partial charge in [-0.1, -0.05) is 43.2 Å². The fourth-order valence-corrected chi connectivity index (χ4v) is 0.866. The molecule has 0 aromatic rings. The van der Waals surface area contributed by atoms with Crippen LogP contribution in [-0.4, -0.2) is 16.4 Å². The topological polar surface area (TPSA) is 9.23 Å². The lowest BCUT2D eigenvalue weighted by molar-refractivity contribution is 0.338. The summed E-state index contributed by atoms with van der Waals surface area (Å²) >= 11 is 0. The summed E-state index contributed by atoms with van der Waals surface area (Å²) < 4.78 is 5.12. The second kappa shape index (κ2) is 46.1. The Morgan fingerprint density at radius 2 is 1.45 bits per heavy atom. The van der Waals surface area contributed by atoms with Gasteiger partial charge in [0.15, 0.2) is 9.76 Å². The highest BCUT2D eigenvalue weighted by molar-refractivity contribution is 6.92. The molecular weight excluding hydrogens is 171 g/mol. The van der Waals surface area contributed by atoms with Crippen LogP contribution in [-0.2, 0) is 4.43 Å². The van der Waals surface area contributed by atoms with Crippen molar-refractivity contribution in [1.29, 1.82) is 0 Å². The summed E-state index contributed by atoms with van der Waals surface area (Å²) in [6.07, 6.45) is 1.17. The van der Waals surface area contributed by atoms with Gasteiger partial charge in [-0.05, 0) is 6.42 Å². The van der Waals surface area contributed by atoms with Crippen LogP contribution in [0.5, 0.6) is 0 Å². The fraction of sp³-hybridized carbons (Fsp3) is 1.00. The molecule has 0 fully saturated rings. The first-order chi connectivity index (χ1) is 2.91. The highest BCUT2D eigenvalue weighted by atomic mass is 31.0. The smallest absolute Gasteiger partial charge is 0.158 e. The number of rotatable bonds is 3. The predicted octanol–water partition coefficient (Wildman–Crippen LogP) is 3.15. The number of hydrogen-bond acceptors (Lipinski definition) is 1. The Balaban J connectivity index is -0.0000000125. The summed E-state index contributed by atoms with van der Waals surface area (Å²) in [6, 6.07) is 0. The van der Waals surface area contributed by atoms with Crippen LogP contribution in [0.1, 0.15) is 43.1 Å². The zero-order chi connectivity index (χ0) is 4.83. The molecule has 0 bridgehead atoms. The van der Waals surface area contributed by atoms with Crippen molar-refractivity contribution in [1.82, 2.24) is 0 Å². The van der Waals surface area contributed by atoms with Crippen LogP contribution in [0.15, 0.2) is 0 Å². The van der Waals surface area contributed by atoms with E-state index in [1.54, 1.807) is 0 Å². The van der Waals surface area contributed by atoms with Gasteiger partial charge in [-0.15, -0.1) is 0 Å². The van der Waals surface area contributed by atoms with Gasteiger partial charge in [0.05, 0.1) is 0 Å². The fourth-order valence-electron chi connectivity index (χ4n) is 0.289. The Morgan fingerprint density at radius 3 is 1.55 bits per heavy atom. The van der Waals surface area contributed by atoms with Gasteiger partial charge < -0.3 is 4.43 Å². The van der Waals surface area contributed by atoms with Crippen LogP contribution in [0.2, 0.25) is 6.55 Å². The van der Waals surface area contributed by atoms with Crippen molar-refractivity contribution in [3.05, 3.63) is 0 Å². The Morgan fingerprint density at radius 1 is 1.09 bits per heavy atom. The maximum atomic E-state index is 5.12. The van der Waals surface area contributed by atoms with Gasteiger partial charge in [0.25, 0.3) is 0 Å². The maximum absolute atomic E-state index is 5.12. The molecule has 0 spiro atoms. The molecule has 0 aliphatic carbocycles. The minimum Gasteiger partial charge on any atom is -0.424 e. The molecule has 0 amide bonds. The van der Waals surface area contributed by atoms with E-state index >= 15 is 0 Å². The summed E-state index contributed by atoms with van der Waals surface area (Å²) in [4.78, 5) is 0. The van der Waals surface area contributed by atoms with E-state index in [2.05, 4.69) is 13.5 Å². The van der Waals surface area contributed by atoms with Crippen LogP contribution in [0, 0.1) is 0 Å². The zero-order valence-electron chi connectivity index (χ0n) is 5.24. The normalized spacial score (nSPS) is 6.00. The molecule has 0 aromatic carbocycles. The molecule has 0 aromatic heterocycles. The van der Waals surface area contributed by atoms with Gasteiger partial charge in [0, 0.05) is 6.61 Å². The van der Waals surface area contributed by atoms with E-state index in [9.17, 15) is 0 Å². The van der Waals surface area contributed by atoms with Gasteiger partial charge in [-0.2, -0.15) is 9.90 Å². The van der Waals surface area contributed by atoms with Crippen LogP contribution in [0.3, 0.4) is 0 Å². The standard InChI is InChI=1S/C4H12OSi.4CH4.H3P/c1-3-4-5-6-2;;;;;/h3-4,6H2,1-2H3;4*1H4;1H3. The third-order valence-electron chi connectivity index (χ3n) is 0.553. The van der Waals surface area contributed by atoms with Gasteiger partial charge in [0.1, 0.15) is 0 Å². The van der Waals surface area contributed by atoms with Crippen LogP contribution < -0.4 is 0 Å². The van der Waals surface area contributed by atoms with Gasteiger partial charge in [0.2, 0.25) is 0 Å². The molecule has 0 heterocycles. The van der Waals surface area contributed by atoms with Gasteiger partial charge >= 0.3 is 0 Å². The summed E-state index contributed by atoms with van der Waals surface area (Å²) in [7, 11) is -0.0970. The van der Waals surface area contributed by atoms with Gasteiger partial charge in [-0.3, -0.25) is 0 Å². The van der Waals surface area contributed by atoms with Crippen molar-refractivity contribution in [2.75, 3.05) is 6.61 Å². The lowest BCUT2D eigenvalue weighted by atomic mass is 10.5. The lowest BCUT2D eigenvalue weighted by Crippen LogP contribution is -1.92. The van der Waals surface area contributed by atoms with Gasteiger partial charge in [-0.25, -0.2) is 0 Å². The minimum absolute atomic E-state index is 0. The lowest BCUT2D eigenvalue weighted by Gasteiger charge is -1.91. The first kappa shape index (κ1) is 41.5. The molecule has 0 saturated heterocycles. The molecular formula is C8H31OPSi. The molecule has 3 heteroatoms. The van der Waals surface area contributed by atoms with Crippen LogP contribution in [0.25, 0.3) is 0 Å². The van der Waals surface area contributed by atoms with E-state index in [1.165, 1.54) is 6.42 Å². The largest absolute Gasteiger partial charge is 0.424 e. The second-order valence-electron chi connectivity index (χ2n) is 1.20.